The van der Waals surface area contributed by atoms with E-state index in [-0.39, 0.29) is 31.0 Å². The fraction of sp³-hybridized carbons (Fsp3) is 0.727. The summed E-state index contributed by atoms with van der Waals surface area (Å²) in [6.07, 6.45) is 29.7. The number of allylic oxidation sites excluding steroid dienone is 6. The van der Waals surface area contributed by atoms with Crippen LogP contribution >= 0.6 is 7.82 Å². The highest BCUT2D eigenvalue weighted by molar-refractivity contribution is 7.47. The lowest BCUT2D eigenvalue weighted by Crippen LogP contribution is -2.34. The van der Waals surface area contributed by atoms with E-state index in [0.717, 1.165) is 64.2 Å². The van der Waals surface area contributed by atoms with Gasteiger partial charge in [-0.15, -0.1) is 0 Å². The molecule has 0 bridgehead atoms. The Kier molecular flexibility index (Phi) is 30.9. The molecule has 15 heteroatoms. The summed E-state index contributed by atoms with van der Waals surface area (Å²) in [4.78, 5) is 58.7. The van der Waals surface area contributed by atoms with Gasteiger partial charge in [0.25, 0.3) is 0 Å². The van der Waals surface area contributed by atoms with Crippen molar-refractivity contribution in [2.45, 2.75) is 173 Å². The third kappa shape index (κ3) is 28.2. The van der Waals surface area contributed by atoms with Crippen LogP contribution < -0.4 is 5.73 Å². The van der Waals surface area contributed by atoms with Gasteiger partial charge in [0.05, 0.1) is 25.4 Å². The van der Waals surface area contributed by atoms with Crippen LogP contribution in [0.5, 0.6) is 0 Å². The van der Waals surface area contributed by atoms with Crippen molar-refractivity contribution in [3.8, 4) is 0 Å². The zero-order valence-corrected chi connectivity index (χ0v) is 36.4. The van der Waals surface area contributed by atoms with Crippen LogP contribution in [0.4, 0.5) is 0 Å². The number of ketones is 1. The molecule has 0 saturated heterocycles. The molecule has 0 aliphatic heterocycles. The minimum atomic E-state index is -4.79. The molecular formula is C44H74NO13P. The summed E-state index contributed by atoms with van der Waals surface area (Å²) in [6, 6.07) is -1.57. The largest absolute Gasteiger partial charge is 0.480 e. The summed E-state index contributed by atoms with van der Waals surface area (Å²) in [7, 11) is -4.79. The molecule has 7 atom stereocenters. The number of phosphoric ester groups is 1. The Hall–Kier alpha value is -2.97. The first-order valence-electron chi connectivity index (χ1n) is 21.8. The number of aliphatic hydroxyl groups is 2. The van der Waals surface area contributed by atoms with E-state index in [0.29, 0.717) is 32.1 Å². The zero-order chi connectivity index (χ0) is 43.7. The van der Waals surface area contributed by atoms with Gasteiger partial charge in [0.15, 0.2) is 6.10 Å². The number of carbonyl (C=O) groups excluding carboxylic acids is 3. The lowest BCUT2D eigenvalue weighted by molar-refractivity contribution is -0.161. The quantitative estimate of drug-likeness (QED) is 0.0174. The zero-order valence-electron chi connectivity index (χ0n) is 35.5. The van der Waals surface area contributed by atoms with E-state index in [1.165, 1.54) is 19.3 Å². The van der Waals surface area contributed by atoms with Gasteiger partial charge >= 0.3 is 25.7 Å². The Morgan fingerprint density at radius 3 is 2.08 bits per heavy atom. The number of aliphatic hydroxyl groups excluding tert-OH is 2. The third-order valence-corrected chi connectivity index (χ3v) is 10.9. The van der Waals surface area contributed by atoms with Crippen LogP contribution in [0.1, 0.15) is 149 Å². The van der Waals surface area contributed by atoms with Crippen LogP contribution in [0.25, 0.3) is 0 Å². The normalized spacial score (nSPS) is 19.8. The number of rotatable bonds is 36. The standard InChI is InChI=1S/C44H74NO13P/c1-3-5-7-8-9-10-11-12-13-14-15-16-17-18-24-28-43(50)58-36(33-56-59(53,54)57-34-39(45)44(51)52)32-55-42(49)27-23-20-19-22-26-37-38(41(48)31-40(37)47)30-29-35(46)25-21-6-4-2/h9-10,12-13,19,22,29-30,35-39,41,46,48H,3-8,11,14-18,20-21,23-28,31-34,45H2,1-2H3,(H,51,52)(H,53,54)/b10-9-,13-12-,22-19-,30-29+/t35-,36+,37+,38+,39-,41+/m0/s1. The molecule has 0 aromatic heterocycles. The monoisotopic (exact) mass is 855 g/mol. The lowest BCUT2D eigenvalue weighted by atomic mass is 9.90. The highest BCUT2D eigenvalue weighted by Crippen LogP contribution is 2.43. The summed E-state index contributed by atoms with van der Waals surface area (Å²) in [6.45, 7) is 2.37. The van der Waals surface area contributed by atoms with Crippen molar-refractivity contribution in [3.05, 3.63) is 48.6 Å². The number of ether oxygens (including phenoxy) is 2. The van der Waals surface area contributed by atoms with Gasteiger partial charge in [-0.25, -0.2) is 4.57 Å². The van der Waals surface area contributed by atoms with E-state index in [1.807, 2.05) is 12.2 Å². The second-order valence-electron chi connectivity index (χ2n) is 15.2. The van der Waals surface area contributed by atoms with Gasteiger partial charge in [-0.2, -0.15) is 0 Å². The van der Waals surface area contributed by atoms with Crippen molar-refractivity contribution in [2.24, 2.45) is 17.6 Å². The van der Waals surface area contributed by atoms with Crippen LogP contribution in [-0.2, 0) is 42.3 Å². The molecule has 1 aliphatic carbocycles. The minimum absolute atomic E-state index is 0.0227. The summed E-state index contributed by atoms with van der Waals surface area (Å²) < 4.78 is 32.6. The van der Waals surface area contributed by atoms with Crippen molar-refractivity contribution < 1.29 is 62.5 Å². The molecule has 6 N–H and O–H groups in total. The molecular weight excluding hydrogens is 781 g/mol. The first kappa shape index (κ1) is 54.0. The van der Waals surface area contributed by atoms with Crippen molar-refractivity contribution in [1.29, 1.82) is 0 Å². The number of carbonyl (C=O) groups is 4. The molecule has 14 nitrogen and oxygen atoms in total. The lowest BCUT2D eigenvalue weighted by Gasteiger charge is -2.20. The molecule has 0 amide bonds. The van der Waals surface area contributed by atoms with Crippen LogP contribution in [0.3, 0.4) is 0 Å². The van der Waals surface area contributed by atoms with Crippen LogP contribution in [0, 0.1) is 11.8 Å². The fourth-order valence-electron chi connectivity index (χ4n) is 6.37. The molecule has 0 spiro atoms. The molecule has 1 saturated carbocycles. The van der Waals surface area contributed by atoms with Crippen molar-refractivity contribution in [3.63, 3.8) is 0 Å². The molecule has 59 heavy (non-hydrogen) atoms. The minimum Gasteiger partial charge on any atom is -0.480 e. The van der Waals surface area contributed by atoms with E-state index >= 15 is 0 Å². The molecule has 1 unspecified atom stereocenters. The van der Waals surface area contributed by atoms with Gasteiger partial charge in [-0.3, -0.25) is 28.2 Å². The number of unbranched alkanes of at least 4 members (excludes halogenated alkanes) is 11. The number of nitrogens with two attached hydrogens (primary N) is 1. The Labute approximate surface area is 352 Å². The number of hydrogen-bond acceptors (Lipinski definition) is 12. The van der Waals surface area contributed by atoms with Crippen LogP contribution in [0.2, 0.25) is 0 Å². The Balaban J connectivity index is 2.53. The summed E-state index contributed by atoms with van der Waals surface area (Å²) in [5.74, 6) is -3.43. The predicted octanol–water partition coefficient (Wildman–Crippen LogP) is 7.98. The molecule has 1 aliphatic rings. The summed E-state index contributed by atoms with van der Waals surface area (Å²) >= 11 is 0. The molecule has 338 valence electrons. The molecule has 1 fully saturated rings. The molecule has 1 rings (SSSR count). The number of carboxylic acids is 1. The van der Waals surface area contributed by atoms with E-state index in [1.54, 1.807) is 12.2 Å². The maximum absolute atomic E-state index is 12.7. The number of hydrogen-bond donors (Lipinski definition) is 5. The van der Waals surface area contributed by atoms with Crippen molar-refractivity contribution in [1.82, 2.24) is 0 Å². The van der Waals surface area contributed by atoms with Gasteiger partial charge < -0.3 is 35.4 Å². The SMILES string of the molecule is CCCCC/C=C\C/C=C\CCCCCCCC(=O)O[C@H](COC(=O)CCC/C=C\C[C@H]1C(=O)C[C@@H](O)[C@@H]1/C=C/[C@@H](O)CCCCC)COP(=O)(O)OC[C@H](N)C(=O)O. The van der Waals surface area contributed by atoms with Gasteiger partial charge in [0.2, 0.25) is 0 Å². The number of Topliss-reactive ketones (excluding diaryl/α,β-unsaturated/α-hetero) is 1. The smallest absolute Gasteiger partial charge is 0.472 e. The van der Waals surface area contributed by atoms with Gasteiger partial charge in [0.1, 0.15) is 18.4 Å². The Bertz CT molecular complexity index is 1350. The first-order valence-corrected chi connectivity index (χ1v) is 23.3. The molecule has 0 heterocycles. The average molecular weight is 856 g/mol. The van der Waals surface area contributed by atoms with Crippen molar-refractivity contribution in [2.75, 3.05) is 19.8 Å². The maximum Gasteiger partial charge on any atom is 0.472 e. The van der Waals surface area contributed by atoms with E-state index < -0.39 is 75.8 Å². The highest BCUT2D eigenvalue weighted by atomic mass is 31.2. The number of esters is 2. The van der Waals surface area contributed by atoms with E-state index in [4.69, 9.17) is 24.8 Å². The van der Waals surface area contributed by atoms with Crippen LogP contribution in [-0.4, -0.2) is 88.1 Å². The van der Waals surface area contributed by atoms with Gasteiger partial charge in [-0.1, -0.05) is 114 Å². The summed E-state index contributed by atoms with van der Waals surface area (Å²) in [5, 5.41) is 29.6. The second-order valence-corrected chi connectivity index (χ2v) is 16.7. The Morgan fingerprint density at radius 1 is 0.797 bits per heavy atom. The maximum atomic E-state index is 12.7. The van der Waals surface area contributed by atoms with E-state index in [2.05, 4.69) is 42.7 Å². The fourth-order valence-corrected chi connectivity index (χ4v) is 7.15. The number of phosphoric acid groups is 1. The summed E-state index contributed by atoms with van der Waals surface area (Å²) in [5.41, 5.74) is 5.32. The topological polar surface area (TPSA) is 229 Å². The number of carboxylic acid groups (broad SMARTS) is 1. The van der Waals surface area contributed by atoms with E-state index in [9.17, 15) is 38.8 Å². The average Bonchev–Trinajstić information content (AvgIpc) is 3.47. The third-order valence-electron chi connectivity index (χ3n) is 9.92. The molecule has 0 aromatic rings. The number of aliphatic carboxylic acids is 1. The molecule has 0 aromatic carbocycles. The van der Waals surface area contributed by atoms with Crippen molar-refractivity contribution >= 4 is 31.5 Å². The predicted molar refractivity (Wildman–Crippen MR) is 227 cm³/mol. The Morgan fingerprint density at radius 2 is 1.39 bits per heavy atom. The second kappa shape index (κ2) is 33.7. The van der Waals surface area contributed by atoms with Gasteiger partial charge in [-0.05, 0) is 64.2 Å². The van der Waals surface area contributed by atoms with Gasteiger partial charge in [0, 0.05) is 31.1 Å². The molecule has 0 radical (unpaired) electrons. The van der Waals surface area contributed by atoms with Crippen LogP contribution in [0.15, 0.2) is 48.6 Å². The highest BCUT2D eigenvalue weighted by Gasteiger charge is 2.39. The first-order chi connectivity index (χ1) is 28.3.